The van der Waals surface area contributed by atoms with Crippen molar-refractivity contribution >= 4 is 17.5 Å². The highest BCUT2D eigenvalue weighted by molar-refractivity contribution is 5.86. The van der Waals surface area contributed by atoms with Gasteiger partial charge in [0.2, 0.25) is 13.6 Å². The summed E-state index contributed by atoms with van der Waals surface area (Å²) in [6.45, 7) is 4.26. The van der Waals surface area contributed by atoms with Crippen LogP contribution in [0.15, 0.2) is 46.6 Å². The van der Waals surface area contributed by atoms with Crippen molar-refractivity contribution in [2.75, 3.05) is 13.6 Å². The maximum absolute atomic E-state index is 12.0. The molecule has 9 heteroatoms. The molecule has 2 aliphatic rings. The number of hydrogen-bond acceptors (Lipinski definition) is 7. The zero-order chi connectivity index (χ0) is 22.3. The summed E-state index contributed by atoms with van der Waals surface area (Å²) < 4.78 is 21.4. The second-order valence-corrected chi connectivity index (χ2v) is 7.62. The molecule has 2 amide bonds. The zero-order valence-corrected chi connectivity index (χ0v) is 18.1. The average molecular weight is 438 g/mol. The van der Waals surface area contributed by atoms with Crippen molar-refractivity contribution in [3.63, 3.8) is 0 Å². The van der Waals surface area contributed by atoms with E-state index in [1.165, 1.54) is 0 Å². The van der Waals surface area contributed by atoms with E-state index in [1.807, 2.05) is 50.2 Å². The first-order valence-electron chi connectivity index (χ1n) is 10.5. The summed E-state index contributed by atoms with van der Waals surface area (Å²) in [6.07, 6.45) is 2.98. The number of aryl methyl sites for hydroxylation is 2. The molecular weight excluding hydrogens is 412 g/mol. The third-order valence-electron chi connectivity index (χ3n) is 5.12. The average Bonchev–Trinajstić information content (AvgIpc) is 3.47. The van der Waals surface area contributed by atoms with E-state index in [0.717, 1.165) is 58.4 Å². The smallest absolute Gasteiger partial charge is 0.355 e. The van der Waals surface area contributed by atoms with Gasteiger partial charge >= 0.3 is 6.03 Å². The molecule has 2 aliphatic heterocycles. The lowest BCUT2D eigenvalue weighted by molar-refractivity contribution is 0.173. The van der Waals surface area contributed by atoms with Crippen LogP contribution in [-0.4, -0.2) is 31.0 Å². The standard InChI is InChI=1S/C23H26N4O5/c1-15(3-5-17-7-9-19-21(11-17)31-13-29-19)24-26-23(28)27-25-16(2)4-6-18-8-10-20-22(12-18)32-14-30-20/h7-12H,3-6,13-14H2,1-2H3,(H2,26,27,28)/b24-15-,25-16-. The van der Waals surface area contributed by atoms with Gasteiger partial charge in [-0.25, -0.2) is 15.6 Å². The molecule has 0 fully saturated rings. The predicted octanol–water partition coefficient (Wildman–Crippen LogP) is 3.76. The first-order valence-corrected chi connectivity index (χ1v) is 10.5. The van der Waals surface area contributed by atoms with E-state index >= 15 is 0 Å². The minimum Gasteiger partial charge on any atom is -0.454 e. The molecule has 0 radical (unpaired) electrons. The highest BCUT2D eigenvalue weighted by atomic mass is 16.7. The summed E-state index contributed by atoms with van der Waals surface area (Å²) >= 11 is 0. The predicted molar refractivity (Wildman–Crippen MR) is 120 cm³/mol. The summed E-state index contributed by atoms with van der Waals surface area (Å²) in [5.74, 6) is 3.07. The molecule has 2 heterocycles. The van der Waals surface area contributed by atoms with Gasteiger partial charge in [-0.15, -0.1) is 0 Å². The quantitative estimate of drug-likeness (QED) is 0.483. The maximum atomic E-state index is 12.0. The zero-order valence-electron chi connectivity index (χ0n) is 18.1. The van der Waals surface area contributed by atoms with Gasteiger partial charge in [0.25, 0.3) is 0 Å². The molecule has 2 aromatic carbocycles. The number of urea groups is 1. The van der Waals surface area contributed by atoms with Gasteiger partial charge in [-0.2, -0.15) is 10.2 Å². The van der Waals surface area contributed by atoms with Gasteiger partial charge < -0.3 is 18.9 Å². The SMILES string of the molecule is C/C(CCc1ccc2c(c1)OCO2)=N/NC(=O)N/N=C(/C)CCc1ccc2c(c1)OCO2. The molecule has 0 saturated heterocycles. The fourth-order valence-electron chi connectivity index (χ4n) is 3.27. The van der Waals surface area contributed by atoms with Crippen LogP contribution < -0.4 is 29.8 Å². The summed E-state index contributed by atoms with van der Waals surface area (Å²) in [6, 6.07) is 11.3. The lowest BCUT2D eigenvalue weighted by Crippen LogP contribution is -2.29. The topological polar surface area (TPSA) is 103 Å². The number of benzene rings is 2. The molecule has 4 rings (SSSR count). The Hall–Kier alpha value is -3.75. The first kappa shape index (κ1) is 21.5. The number of ether oxygens (including phenoxy) is 4. The maximum Gasteiger partial charge on any atom is 0.355 e. The van der Waals surface area contributed by atoms with Crippen LogP contribution >= 0.6 is 0 Å². The molecular formula is C23H26N4O5. The molecule has 0 saturated carbocycles. The van der Waals surface area contributed by atoms with Crippen LogP contribution in [0.1, 0.15) is 37.8 Å². The first-order chi connectivity index (χ1) is 15.6. The number of nitrogens with zero attached hydrogens (tertiary/aromatic N) is 2. The molecule has 0 atom stereocenters. The number of carbonyl (C=O) groups excluding carboxylic acids is 1. The van der Waals surface area contributed by atoms with Gasteiger partial charge in [-0.3, -0.25) is 0 Å². The Balaban J connectivity index is 1.17. The Morgan fingerprint density at radius 1 is 0.750 bits per heavy atom. The minimum absolute atomic E-state index is 0.263. The second kappa shape index (κ2) is 10.0. The van der Waals surface area contributed by atoms with Crippen LogP contribution in [-0.2, 0) is 12.8 Å². The van der Waals surface area contributed by atoms with Crippen molar-refractivity contribution < 1.29 is 23.7 Å². The number of rotatable bonds is 8. The Kier molecular flexibility index (Phi) is 6.74. The molecule has 2 N–H and O–H groups in total. The van der Waals surface area contributed by atoms with E-state index in [4.69, 9.17) is 18.9 Å². The number of fused-ring (bicyclic) bond motifs is 2. The number of hydrazone groups is 2. The fraction of sp³-hybridized carbons (Fsp3) is 0.348. The molecule has 2 aromatic rings. The van der Waals surface area contributed by atoms with Crippen molar-refractivity contribution in [1.29, 1.82) is 0 Å². The van der Waals surface area contributed by atoms with Crippen LogP contribution in [0.4, 0.5) is 4.79 Å². The lowest BCUT2D eigenvalue weighted by atomic mass is 10.1. The van der Waals surface area contributed by atoms with Gasteiger partial charge in [0.05, 0.1) is 0 Å². The molecule has 32 heavy (non-hydrogen) atoms. The van der Waals surface area contributed by atoms with Crippen LogP contribution in [0, 0.1) is 0 Å². The van der Waals surface area contributed by atoms with Crippen molar-refractivity contribution in [1.82, 2.24) is 10.9 Å². The minimum atomic E-state index is -0.477. The Morgan fingerprint density at radius 2 is 1.19 bits per heavy atom. The largest absolute Gasteiger partial charge is 0.454 e. The Morgan fingerprint density at radius 3 is 1.66 bits per heavy atom. The number of carbonyl (C=O) groups is 1. The molecule has 0 aromatic heterocycles. The molecule has 9 nitrogen and oxygen atoms in total. The summed E-state index contributed by atoms with van der Waals surface area (Å²) in [5, 5.41) is 8.24. The van der Waals surface area contributed by atoms with Crippen LogP contribution in [0.3, 0.4) is 0 Å². The fourth-order valence-corrected chi connectivity index (χ4v) is 3.27. The molecule has 0 aliphatic carbocycles. The van der Waals surface area contributed by atoms with Gasteiger partial charge in [0.15, 0.2) is 23.0 Å². The highest BCUT2D eigenvalue weighted by Crippen LogP contribution is 2.33. The van der Waals surface area contributed by atoms with Gasteiger partial charge in [0, 0.05) is 11.4 Å². The van der Waals surface area contributed by atoms with Gasteiger partial charge in [-0.05, 0) is 74.9 Å². The van der Waals surface area contributed by atoms with Gasteiger partial charge in [-0.1, -0.05) is 12.1 Å². The summed E-state index contributed by atoms with van der Waals surface area (Å²) in [4.78, 5) is 12.0. The normalized spacial score (nSPS) is 14.4. The van der Waals surface area contributed by atoms with Crippen molar-refractivity contribution in [2.45, 2.75) is 39.5 Å². The monoisotopic (exact) mass is 438 g/mol. The molecule has 0 spiro atoms. The van der Waals surface area contributed by atoms with Crippen molar-refractivity contribution in [3.05, 3.63) is 47.5 Å². The highest BCUT2D eigenvalue weighted by Gasteiger charge is 2.14. The molecule has 0 unspecified atom stereocenters. The molecule has 168 valence electrons. The van der Waals surface area contributed by atoms with Crippen LogP contribution in [0.5, 0.6) is 23.0 Å². The van der Waals surface area contributed by atoms with E-state index in [-0.39, 0.29) is 13.6 Å². The third-order valence-corrected chi connectivity index (χ3v) is 5.12. The Labute approximate surface area is 186 Å². The van der Waals surface area contributed by atoms with E-state index < -0.39 is 6.03 Å². The van der Waals surface area contributed by atoms with Crippen molar-refractivity contribution in [2.24, 2.45) is 10.2 Å². The lowest BCUT2D eigenvalue weighted by Gasteiger charge is -2.05. The number of amides is 2. The van der Waals surface area contributed by atoms with Gasteiger partial charge in [0.1, 0.15) is 0 Å². The number of nitrogens with one attached hydrogen (secondary N) is 2. The van der Waals surface area contributed by atoms with Crippen LogP contribution in [0.25, 0.3) is 0 Å². The number of hydrogen-bond donors (Lipinski definition) is 2. The van der Waals surface area contributed by atoms with E-state index in [2.05, 4.69) is 21.1 Å². The van der Waals surface area contributed by atoms with E-state index in [9.17, 15) is 4.79 Å². The van der Waals surface area contributed by atoms with Crippen molar-refractivity contribution in [3.8, 4) is 23.0 Å². The van der Waals surface area contributed by atoms with E-state index in [0.29, 0.717) is 12.8 Å². The summed E-state index contributed by atoms with van der Waals surface area (Å²) in [5.41, 5.74) is 8.80. The van der Waals surface area contributed by atoms with Crippen LogP contribution in [0.2, 0.25) is 0 Å². The summed E-state index contributed by atoms with van der Waals surface area (Å²) in [7, 11) is 0. The Bertz CT molecular complexity index is 969. The third kappa shape index (κ3) is 5.69. The molecule has 0 bridgehead atoms. The second-order valence-electron chi connectivity index (χ2n) is 7.62. The van der Waals surface area contributed by atoms with E-state index in [1.54, 1.807) is 0 Å².